The molecule has 192 valence electrons. The van der Waals surface area contributed by atoms with Crippen molar-refractivity contribution in [2.45, 2.75) is 37.0 Å². The highest BCUT2D eigenvalue weighted by Crippen LogP contribution is 2.37. The van der Waals surface area contributed by atoms with Crippen molar-refractivity contribution in [2.75, 3.05) is 6.61 Å². The van der Waals surface area contributed by atoms with Gasteiger partial charge in [-0.2, -0.15) is 4.57 Å². The van der Waals surface area contributed by atoms with Gasteiger partial charge in [-0.1, -0.05) is 18.2 Å². The number of benzene rings is 1. The number of fused-ring (bicyclic) bond motifs is 1. The van der Waals surface area contributed by atoms with Gasteiger partial charge in [0.1, 0.15) is 23.8 Å². The lowest BCUT2D eigenvalue weighted by atomic mass is 10.1. The number of phosphoric acid groups is 1. The molecule has 1 aliphatic heterocycles. The molecular formula is C22H25N3O10P+. The summed E-state index contributed by atoms with van der Waals surface area (Å²) < 4.78 is 26.9. The summed E-state index contributed by atoms with van der Waals surface area (Å²) >= 11 is 0. The number of H-pyrrole nitrogens is 1. The molecule has 0 radical (unpaired) electrons. The fourth-order valence-electron chi connectivity index (χ4n) is 3.90. The number of aliphatic hydroxyl groups is 2. The van der Waals surface area contributed by atoms with E-state index in [1.54, 1.807) is 6.20 Å². The van der Waals surface area contributed by atoms with Gasteiger partial charge in [-0.15, -0.1) is 0 Å². The topological polar surface area (TPSA) is 206 Å². The number of esters is 2. The van der Waals surface area contributed by atoms with Crippen molar-refractivity contribution in [1.29, 1.82) is 0 Å². The minimum atomic E-state index is -4.81. The highest BCUT2D eigenvalue weighted by Gasteiger charge is 2.49. The summed E-state index contributed by atoms with van der Waals surface area (Å²) in [6, 6.07) is 9.18. The number of aliphatic hydroxyl groups excluding tert-OH is 2. The van der Waals surface area contributed by atoms with Crippen molar-refractivity contribution in [3.8, 4) is 0 Å². The van der Waals surface area contributed by atoms with E-state index < -0.39 is 56.9 Å². The van der Waals surface area contributed by atoms with Gasteiger partial charge in [-0.3, -0.25) is 4.52 Å². The molecule has 0 spiro atoms. The SMILES string of the molecule is N[C@@H](Cc1c[nH]c2ccccc12)C(=O)OC(=O)c1ccc[n+]([C@@H]2O[C@H](COP(=O)(O)O)[C@@H](O)[C@H]2O)c1. The highest BCUT2D eigenvalue weighted by atomic mass is 31.2. The van der Waals surface area contributed by atoms with Crippen LogP contribution in [0.5, 0.6) is 0 Å². The largest absolute Gasteiger partial charge is 0.469 e. The fourth-order valence-corrected chi connectivity index (χ4v) is 4.24. The zero-order valence-electron chi connectivity index (χ0n) is 18.7. The lowest BCUT2D eigenvalue weighted by Gasteiger charge is -2.13. The number of nitrogens with zero attached hydrogens (tertiary/aromatic N) is 1. The predicted octanol–water partition coefficient (Wildman–Crippen LogP) is -0.563. The van der Waals surface area contributed by atoms with E-state index in [0.717, 1.165) is 16.5 Å². The molecule has 5 atom stereocenters. The molecule has 2 aromatic heterocycles. The molecular weight excluding hydrogens is 497 g/mol. The number of carbonyl (C=O) groups is 2. The molecule has 3 aromatic rings. The Balaban J connectivity index is 1.40. The molecule has 0 saturated carbocycles. The third kappa shape index (κ3) is 5.86. The van der Waals surface area contributed by atoms with Crippen molar-refractivity contribution in [3.05, 3.63) is 66.1 Å². The van der Waals surface area contributed by atoms with Crippen molar-refractivity contribution < 1.29 is 52.7 Å². The Hall–Kier alpha value is -3.00. The average molecular weight is 522 g/mol. The molecule has 1 aliphatic rings. The summed E-state index contributed by atoms with van der Waals surface area (Å²) in [6.45, 7) is -0.676. The lowest BCUT2D eigenvalue weighted by molar-refractivity contribution is -0.765. The van der Waals surface area contributed by atoms with Gasteiger partial charge < -0.3 is 40.2 Å². The first-order valence-corrected chi connectivity index (χ1v) is 12.4. The second-order valence-corrected chi connectivity index (χ2v) is 9.49. The van der Waals surface area contributed by atoms with Crippen LogP contribution in [0.3, 0.4) is 0 Å². The van der Waals surface area contributed by atoms with Gasteiger partial charge in [0.15, 0.2) is 18.5 Å². The molecule has 14 heteroatoms. The Morgan fingerprint density at radius 2 is 1.92 bits per heavy atom. The zero-order valence-corrected chi connectivity index (χ0v) is 19.6. The van der Waals surface area contributed by atoms with Crippen LogP contribution in [0.15, 0.2) is 55.0 Å². The number of pyridine rings is 1. The normalized spacial score (nSPS) is 23.0. The zero-order chi connectivity index (χ0) is 26.0. The van der Waals surface area contributed by atoms with Crippen LogP contribution in [0.2, 0.25) is 0 Å². The molecule has 3 heterocycles. The van der Waals surface area contributed by atoms with Crippen LogP contribution >= 0.6 is 7.82 Å². The van der Waals surface area contributed by atoms with E-state index in [4.69, 9.17) is 25.0 Å². The summed E-state index contributed by atoms with van der Waals surface area (Å²) in [7, 11) is -4.81. The highest BCUT2D eigenvalue weighted by molar-refractivity contribution is 7.46. The van der Waals surface area contributed by atoms with Gasteiger partial charge in [0.2, 0.25) is 0 Å². The van der Waals surface area contributed by atoms with E-state index in [1.807, 2.05) is 24.3 Å². The van der Waals surface area contributed by atoms with Crippen LogP contribution in [-0.4, -0.2) is 67.9 Å². The smallest absolute Gasteiger partial charge is 0.388 e. The van der Waals surface area contributed by atoms with Crippen LogP contribution in [0.1, 0.15) is 22.1 Å². The second-order valence-electron chi connectivity index (χ2n) is 8.25. The summed E-state index contributed by atoms with van der Waals surface area (Å²) in [5, 5.41) is 21.4. The molecule has 36 heavy (non-hydrogen) atoms. The number of nitrogens with two attached hydrogens (primary N) is 1. The number of aromatic amines is 1. The van der Waals surface area contributed by atoms with E-state index in [-0.39, 0.29) is 12.0 Å². The first-order chi connectivity index (χ1) is 17.0. The Morgan fingerprint density at radius 3 is 2.67 bits per heavy atom. The Morgan fingerprint density at radius 1 is 1.17 bits per heavy atom. The molecule has 0 aliphatic carbocycles. The van der Waals surface area contributed by atoms with Gasteiger partial charge in [0, 0.05) is 29.6 Å². The molecule has 1 aromatic carbocycles. The number of carbonyl (C=O) groups excluding carboxylic acids is 2. The Kier molecular flexibility index (Phi) is 7.64. The first kappa shape index (κ1) is 26.1. The van der Waals surface area contributed by atoms with Crippen molar-refractivity contribution in [2.24, 2.45) is 5.73 Å². The maximum Gasteiger partial charge on any atom is 0.469 e. The molecule has 0 amide bonds. The van der Waals surface area contributed by atoms with Crippen LogP contribution < -0.4 is 10.3 Å². The van der Waals surface area contributed by atoms with Gasteiger partial charge in [-0.25, -0.2) is 14.2 Å². The quantitative estimate of drug-likeness (QED) is 0.0957. The van der Waals surface area contributed by atoms with E-state index in [9.17, 15) is 24.4 Å². The van der Waals surface area contributed by atoms with Crippen LogP contribution in [0, 0.1) is 0 Å². The van der Waals surface area contributed by atoms with E-state index in [2.05, 4.69) is 9.51 Å². The van der Waals surface area contributed by atoms with Crippen LogP contribution in [-0.2, 0) is 29.8 Å². The number of para-hydroxylation sites is 1. The number of nitrogens with one attached hydrogen (secondary N) is 1. The maximum atomic E-state index is 12.6. The average Bonchev–Trinajstić information content (AvgIpc) is 3.38. The molecule has 7 N–H and O–H groups in total. The number of aromatic nitrogens is 2. The Bertz CT molecular complexity index is 1310. The first-order valence-electron chi connectivity index (χ1n) is 10.8. The summed E-state index contributed by atoms with van der Waals surface area (Å²) in [6.07, 6.45) is -0.946. The molecule has 4 rings (SSSR count). The van der Waals surface area contributed by atoms with Crippen molar-refractivity contribution in [3.63, 3.8) is 0 Å². The third-order valence-corrected chi connectivity index (χ3v) is 6.19. The van der Waals surface area contributed by atoms with Crippen LogP contribution in [0.4, 0.5) is 0 Å². The van der Waals surface area contributed by atoms with Crippen molar-refractivity contribution in [1.82, 2.24) is 4.98 Å². The summed E-state index contributed by atoms with van der Waals surface area (Å²) in [5.41, 5.74) is 7.58. The van der Waals surface area contributed by atoms with Gasteiger partial charge in [0.05, 0.1) is 6.61 Å². The maximum absolute atomic E-state index is 12.6. The molecule has 1 saturated heterocycles. The van der Waals surface area contributed by atoms with E-state index in [0.29, 0.717) is 0 Å². The van der Waals surface area contributed by atoms with E-state index in [1.165, 1.54) is 29.1 Å². The number of ether oxygens (including phenoxy) is 2. The molecule has 1 fully saturated rings. The Labute approximate surface area is 204 Å². The predicted molar refractivity (Wildman–Crippen MR) is 121 cm³/mol. The molecule has 0 bridgehead atoms. The lowest BCUT2D eigenvalue weighted by Crippen LogP contribution is -2.46. The third-order valence-electron chi connectivity index (χ3n) is 5.71. The summed E-state index contributed by atoms with van der Waals surface area (Å²) in [5.74, 6) is -1.92. The van der Waals surface area contributed by atoms with Gasteiger partial charge in [-0.05, 0) is 17.7 Å². The van der Waals surface area contributed by atoms with Gasteiger partial charge in [0.25, 0.3) is 6.23 Å². The summed E-state index contributed by atoms with van der Waals surface area (Å²) in [4.78, 5) is 45.8. The van der Waals surface area contributed by atoms with Crippen LogP contribution in [0.25, 0.3) is 10.9 Å². The van der Waals surface area contributed by atoms with Gasteiger partial charge >= 0.3 is 19.8 Å². The second kappa shape index (κ2) is 10.5. The number of hydrogen-bond donors (Lipinski definition) is 6. The minimum absolute atomic E-state index is 0.0645. The fraction of sp³-hybridized carbons (Fsp3) is 0.318. The molecule has 13 nitrogen and oxygen atoms in total. The van der Waals surface area contributed by atoms with Crippen molar-refractivity contribution >= 4 is 30.7 Å². The minimum Gasteiger partial charge on any atom is -0.388 e. The number of rotatable bonds is 8. The van der Waals surface area contributed by atoms with E-state index >= 15 is 0 Å². The number of phosphoric ester groups is 1. The monoisotopic (exact) mass is 522 g/mol. The number of hydrogen-bond acceptors (Lipinski definition) is 9. The molecule has 0 unspecified atom stereocenters. The standard InChI is InChI=1S/C22H24N3O10P/c23-15(8-13-9-24-16-6-2-1-5-14(13)16)22(29)35-21(28)12-4-3-7-25(10-12)20-19(27)18(26)17(34-20)11-33-36(30,31)32/h1-7,9-10,15,17-20,24,26-27H,8,11,23H2,(H-,30,31,32)/p+1/t15-,17+,18+,19+,20+/m0/s1.